The minimum absolute atomic E-state index is 0.295. The highest BCUT2D eigenvalue weighted by Gasteiger charge is 2.07. The summed E-state index contributed by atoms with van der Waals surface area (Å²) in [6, 6.07) is 11.9. The van der Waals surface area contributed by atoms with E-state index in [2.05, 4.69) is 4.98 Å². The van der Waals surface area contributed by atoms with Gasteiger partial charge in [0.15, 0.2) is 9.84 Å². The molecule has 88 valence electrons. The average Bonchev–Trinajstić information content (AvgIpc) is 2.28. The third-order valence-electron chi connectivity index (χ3n) is 2.29. The van der Waals surface area contributed by atoms with Gasteiger partial charge in [-0.3, -0.25) is 0 Å². The number of halogens is 1. The molecule has 0 aliphatic rings. The highest BCUT2D eigenvalue weighted by molar-refractivity contribution is 7.90. The lowest BCUT2D eigenvalue weighted by Gasteiger charge is -2.02. The summed E-state index contributed by atoms with van der Waals surface area (Å²) in [6.07, 6.45) is 1.18. The van der Waals surface area contributed by atoms with E-state index in [-0.39, 0.29) is 0 Å². The highest BCUT2D eigenvalue weighted by atomic mass is 35.5. The van der Waals surface area contributed by atoms with Gasteiger partial charge in [-0.25, -0.2) is 13.4 Å². The predicted molar refractivity (Wildman–Crippen MR) is 67.8 cm³/mol. The lowest BCUT2D eigenvalue weighted by Crippen LogP contribution is -1.96. The van der Waals surface area contributed by atoms with Crippen molar-refractivity contribution >= 4 is 21.4 Å². The van der Waals surface area contributed by atoms with Crippen molar-refractivity contribution in [3.05, 3.63) is 47.6 Å². The number of hydrogen-bond donors (Lipinski definition) is 0. The Morgan fingerprint density at radius 2 is 1.71 bits per heavy atom. The molecule has 0 fully saturated rings. The van der Waals surface area contributed by atoms with Crippen LogP contribution in [0.2, 0.25) is 5.15 Å². The summed E-state index contributed by atoms with van der Waals surface area (Å²) in [5, 5.41) is 0.412. The maximum absolute atomic E-state index is 11.3. The number of nitrogens with zero attached hydrogens (tertiary/aromatic N) is 1. The van der Waals surface area contributed by atoms with Gasteiger partial charge in [-0.1, -0.05) is 29.8 Å². The van der Waals surface area contributed by atoms with Crippen LogP contribution in [0.25, 0.3) is 11.3 Å². The molecule has 0 bridgehead atoms. The van der Waals surface area contributed by atoms with E-state index in [1.165, 1.54) is 6.26 Å². The average molecular weight is 268 g/mol. The van der Waals surface area contributed by atoms with Crippen molar-refractivity contribution in [2.24, 2.45) is 0 Å². The van der Waals surface area contributed by atoms with Crippen molar-refractivity contribution < 1.29 is 8.42 Å². The van der Waals surface area contributed by atoms with Gasteiger partial charge in [0.2, 0.25) is 0 Å². The Morgan fingerprint density at radius 1 is 1.06 bits per heavy atom. The Labute approximate surface area is 105 Å². The topological polar surface area (TPSA) is 47.0 Å². The number of pyridine rings is 1. The fraction of sp³-hybridized carbons (Fsp3) is 0.0833. The molecule has 5 heteroatoms. The lowest BCUT2D eigenvalue weighted by atomic mass is 10.1. The van der Waals surface area contributed by atoms with Gasteiger partial charge in [0.05, 0.1) is 10.6 Å². The molecule has 2 rings (SSSR count). The number of benzene rings is 1. The Balaban J connectivity index is 2.43. The number of hydrogen-bond acceptors (Lipinski definition) is 3. The first-order valence-corrected chi connectivity index (χ1v) is 7.17. The van der Waals surface area contributed by atoms with Crippen LogP contribution in [0.1, 0.15) is 0 Å². The van der Waals surface area contributed by atoms with E-state index in [0.29, 0.717) is 10.0 Å². The Hall–Kier alpha value is -1.39. The van der Waals surface area contributed by atoms with Crippen molar-refractivity contribution in [2.45, 2.75) is 4.90 Å². The van der Waals surface area contributed by atoms with Gasteiger partial charge in [0, 0.05) is 11.8 Å². The summed E-state index contributed by atoms with van der Waals surface area (Å²) in [5.74, 6) is 0. The molecule has 3 nitrogen and oxygen atoms in total. The molecule has 0 radical (unpaired) electrons. The molecule has 0 aliphatic carbocycles. The Morgan fingerprint density at radius 3 is 2.24 bits per heavy atom. The first-order valence-electron chi connectivity index (χ1n) is 4.90. The molecule has 0 saturated heterocycles. The van der Waals surface area contributed by atoms with E-state index in [0.717, 1.165) is 11.3 Å². The molecule has 0 aliphatic heterocycles. The summed E-state index contributed by atoms with van der Waals surface area (Å²) in [6.45, 7) is 0. The van der Waals surface area contributed by atoms with Crippen LogP contribution < -0.4 is 0 Å². The zero-order valence-electron chi connectivity index (χ0n) is 9.09. The summed E-state index contributed by atoms with van der Waals surface area (Å²) < 4.78 is 22.6. The van der Waals surface area contributed by atoms with Crippen LogP contribution in [0.15, 0.2) is 47.4 Å². The van der Waals surface area contributed by atoms with Crippen LogP contribution in [0, 0.1) is 0 Å². The zero-order chi connectivity index (χ0) is 12.5. The van der Waals surface area contributed by atoms with Crippen LogP contribution in [-0.4, -0.2) is 19.7 Å². The Bertz CT molecular complexity index is 636. The molecule has 0 spiro atoms. The molecule has 2 aromatic rings. The standard InChI is InChI=1S/C12H10ClNO2S/c1-17(15,16)10-7-5-9(6-8-10)11-3-2-4-12(13)14-11/h2-8H,1H3. The van der Waals surface area contributed by atoms with E-state index in [1.54, 1.807) is 36.4 Å². The Kier molecular flexibility index (Phi) is 3.17. The first kappa shape index (κ1) is 12.1. The molecule has 1 aromatic heterocycles. The molecular formula is C12H10ClNO2S. The number of aromatic nitrogens is 1. The van der Waals surface area contributed by atoms with Gasteiger partial charge in [0.1, 0.15) is 5.15 Å². The minimum atomic E-state index is -3.16. The smallest absolute Gasteiger partial charge is 0.175 e. The van der Waals surface area contributed by atoms with E-state index >= 15 is 0 Å². The lowest BCUT2D eigenvalue weighted by molar-refractivity contribution is 0.602. The van der Waals surface area contributed by atoms with Crippen LogP contribution in [0.3, 0.4) is 0 Å². The van der Waals surface area contributed by atoms with Crippen molar-refractivity contribution in [1.82, 2.24) is 4.98 Å². The second kappa shape index (κ2) is 4.47. The maximum atomic E-state index is 11.3. The second-order valence-corrected chi connectivity index (χ2v) is 6.05. The van der Waals surface area contributed by atoms with E-state index in [9.17, 15) is 8.42 Å². The van der Waals surface area contributed by atoms with Gasteiger partial charge in [-0.15, -0.1) is 0 Å². The first-order chi connectivity index (χ1) is 7.97. The van der Waals surface area contributed by atoms with E-state index < -0.39 is 9.84 Å². The van der Waals surface area contributed by atoms with Crippen LogP contribution >= 0.6 is 11.6 Å². The fourth-order valence-corrected chi connectivity index (χ4v) is 2.24. The van der Waals surface area contributed by atoms with Gasteiger partial charge < -0.3 is 0 Å². The van der Waals surface area contributed by atoms with E-state index in [1.807, 2.05) is 6.07 Å². The van der Waals surface area contributed by atoms with Crippen molar-refractivity contribution in [1.29, 1.82) is 0 Å². The third kappa shape index (κ3) is 2.84. The second-order valence-electron chi connectivity index (χ2n) is 3.64. The molecule has 17 heavy (non-hydrogen) atoms. The maximum Gasteiger partial charge on any atom is 0.175 e. The van der Waals surface area contributed by atoms with Crippen LogP contribution in [0.4, 0.5) is 0 Å². The zero-order valence-corrected chi connectivity index (χ0v) is 10.7. The third-order valence-corrected chi connectivity index (χ3v) is 3.63. The fourth-order valence-electron chi connectivity index (χ4n) is 1.44. The quantitative estimate of drug-likeness (QED) is 0.786. The molecule has 0 unspecified atom stereocenters. The molecule has 0 amide bonds. The summed E-state index contributed by atoms with van der Waals surface area (Å²) in [7, 11) is -3.16. The van der Waals surface area contributed by atoms with Gasteiger partial charge >= 0.3 is 0 Å². The van der Waals surface area contributed by atoms with Crippen molar-refractivity contribution in [3.8, 4) is 11.3 Å². The van der Waals surface area contributed by atoms with Gasteiger partial charge in [-0.2, -0.15) is 0 Å². The normalized spacial score (nSPS) is 11.4. The van der Waals surface area contributed by atoms with Crippen LogP contribution in [-0.2, 0) is 9.84 Å². The highest BCUT2D eigenvalue weighted by Crippen LogP contribution is 2.20. The summed E-state index contributed by atoms with van der Waals surface area (Å²) >= 11 is 5.79. The SMILES string of the molecule is CS(=O)(=O)c1ccc(-c2cccc(Cl)n2)cc1. The number of sulfone groups is 1. The van der Waals surface area contributed by atoms with Gasteiger partial charge in [0.25, 0.3) is 0 Å². The molecule has 0 N–H and O–H groups in total. The van der Waals surface area contributed by atoms with Crippen LogP contribution in [0.5, 0.6) is 0 Å². The number of rotatable bonds is 2. The van der Waals surface area contributed by atoms with Crippen molar-refractivity contribution in [2.75, 3.05) is 6.26 Å². The van der Waals surface area contributed by atoms with E-state index in [4.69, 9.17) is 11.6 Å². The van der Waals surface area contributed by atoms with Crippen molar-refractivity contribution in [3.63, 3.8) is 0 Å². The van der Waals surface area contributed by atoms with Gasteiger partial charge in [-0.05, 0) is 24.3 Å². The largest absolute Gasteiger partial charge is 0.236 e. The molecule has 1 heterocycles. The summed E-state index contributed by atoms with van der Waals surface area (Å²) in [5.41, 5.74) is 1.55. The summed E-state index contributed by atoms with van der Waals surface area (Å²) in [4.78, 5) is 4.45. The molecule has 0 atom stereocenters. The molecular weight excluding hydrogens is 258 g/mol. The molecule has 0 saturated carbocycles. The molecule has 1 aromatic carbocycles. The predicted octanol–water partition coefficient (Wildman–Crippen LogP) is 2.81. The monoisotopic (exact) mass is 267 g/mol. The minimum Gasteiger partial charge on any atom is -0.236 e.